The van der Waals surface area contributed by atoms with Gasteiger partial charge in [-0.05, 0) is 60.0 Å². The summed E-state index contributed by atoms with van der Waals surface area (Å²) in [6, 6.07) is 40.7. The number of ketones is 1. The molecule has 5 aromatic rings. The largest absolute Gasteiger partial charge is 0.493 e. The fourth-order valence-electron chi connectivity index (χ4n) is 4.41. The maximum atomic E-state index is 13.5. The highest BCUT2D eigenvalue weighted by Gasteiger charge is 2.14. The van der Waals surface area contributed by atoms with E-state index < -0.39 is 0 Å². The summed E-state index contributed by atoms with van der Waals surface area (Å²) < 4.78 is 24.0. The Morgan fingerprint density at radius 2 is 1.05 bits per heavy atom. The van der Waals surface area contributed by atoms with Gasteiger partial charge >= 0.3 is 0 Å². The molecular formula is C38H34O5. The summed E-state index contributed by atoms with van der Waals surface area (Å²) in [7, 11) is 0. The molecule has 0 N–H and O–H groups in total. The van der Waals surface area contributed by atoms with Crippen LogP contribution in [0.2, 0.25) is 0 Å². The van der Waals surface area contributed by atoms with Crippen LogP contribution in [0.4, 0.5) is 0 Å². The van der Waals surface area contributed by atoms with Gasteiger partial charge in [0.1, 0.15) is 42.8 Å². The van der Waals surface area contributed by atoms with Crippen LogP contribution in [0.5, 0.6) is 23.0 Å². The molecule has 0 bridgehead atoms. The van der Waals surface area contributed by atoms with Gasteiger partial charge in [0.15, 0.2) is 5.78 Å². The molecule has 0 fully saturated rings. The van der Waals surface area contributed by atoms with Crippen molar-refractivity contribution in [1.29, 1.82) is 0 Å². The summed E-state index contributed by atoms with van der Waals surface area (Å²) >= 11 is 0. The van der Waals surface area contributed by atoms with Gasteiger partial charge in [0.25, 0.3) is 0 Å². The molecular weight excluding hydrogens is 536 g/mol. The molecule has 0 aromatic heterocycles. The zero-order valence-corrected chi connectivity index (χ0v) is 24.1. The van der Waals surface area contributed by atoms with Crippen LogP contribution in [0.15, 0.2) is 133 Å². The molecule has 0 amide bonds. The van der Waals surface area contributed by atoms with Crippen LogP contribution in [0.1, 0.15) is 39.5 Å². The van der Waals surface area contributed by atoms with E-state index in [-0.39, 0.29) is 5.78 Å². The number of hydrogen-bond acceptors (Lipinski definition) is 5. The molecule has 5 nitrogen and oxygen atoms in total. The van der Waals surface area contributed by atoms with Crippen LogP contribution in [0, 0.1) is 0 Å². The maximum absolute atomic E-state index is 13.5. The molecule has 0 aliphatic carbocycles. The van der Waals surface area contributed by atoms with E-state index in [1.54, 1.807) is 24.3 Å². The summed E-state index contributed by atoms with van der Waals surface area (Å²) in [5.41, 5.74) is 4.36. The van der Waals surface area contributed by atoms with Gasteiger partial charge in [-0.3, -0.25) is 4.79 Å². The highest BCUT2D eigenvalue weighted by Crippen LogP contribution is 2.30. The summed E-state index contributed by atoms with van der Waals surface area (Å²) in [5, 5.41) is 0. The minimum Gasteiger partial charge on any atom is -0.493 e. The van der Waals surface area contributed by atoms with Crippen molar-refractivity contribution in [2.24, 2.45) is 0 Å². The first-order chi connectivity index (χ1) is 21.2. The Morgan fingerprint density at radius 3 is 1.58 bits per heavy atom. The summed E-state index contributed by atoms with van der Waals surface area (Å²) in [4.78, 5) is 13.5. The molecule has 0 spiro atoms. The number of carbonyl (C=O) groups is 1. The van der Waals surface area contributed by atoms with Crippen molar-refractivity contribution in [3.63, 3.8) is 0 Å². The first-order valence-electron chi connectivity index (χ1n) is 14.3. The van der Waals surface area contributed by atoms with Gasteiger partial charge in [0.05, 0.1) is 12.2 Å². The van der Waals surface area contributed by atoms with Crippen LogP contribution < -0.4 is 18.9 Å². The van der Waals surface area contributed by atoms with E-state index in [1.807, 2.05) is 116 Å². The van der Waals surface area contributed by atoms with E-state index >= 15 is 0 Å². The molecule has 0 unspecified atom stereocenters. The van der Waals surface area contributed by atoms with E-state index in [9.17, 15) is 4.79 Å². The Hall–Kier alpha value is -5.29. The van der Waals surface area contributed by atoms with Gasteiger partial charge in [0, 0.05) is 17.7 Å². The Kier molecular flexibility index (Phi) is 10.2. The number of hydrogen-bond donors (Lipinski definition) is 0. The van der Waals surface area contributed by atoms with Gasteiger partial charge in [-0.25, -0.2) is 0 Å². The molecule has 0 heterocycles. The van der Waals surface area contributed by atoms with E-state index in [0.29, 0.717) is 55.0 Å². The predicted molar refractivity (Wildman–Crippen MR) is 170 cm³/mol. The molecule has 5 rings (SSSR count). The molecule has 0 aliphatic rings. The average molecular weight is 571 g/mol. The fraction of sp³-hybridized carbons (Fsp3) is 0.132. The minimum absolute atomic E-state index is 0.190. The van der Waals surface area contributed by atoms with Crippen LogP contribution in [0.3, 0.4) is 0 Å². The lowest BCUT2D eigenvalue weighted by atomic mass is 10.1. The smallest absolute Gasteiger partial charge is 0.189 e. The van der Waals surface area contributed by atoms with Crippen LogP contribution >= 0.6 is 0 Å². The lowest BCUT2D eigenvalue weighted by Gasteiger charge is -2.13. The van der Waals surface area contributed by atoms with Crippen molar-refractivity contribution in [3.8, 4) is 23.0 Å². The number of carbonyl (C=O) groups excluding carboxylic acids is 1. The molecule has 0 radical (unpaired) electrons. The van der Waals surface area contributed by atoms with Crippen LogP contribution in [-0.2, 0) is 19.8 Å². The zero-order valence-electron chi connectivity index (χ0n) is 24.1. The Morgan fingerprint density at radius 1 is 0.558 bits per heavy atom. The quantitative estimate of drug-likeness (QED) is 0.0987. The second-order valence-electron chi connectivity index (χ2n) is 9.81. The van der Waals surface area contributed by atoms with E-state index in [4.69, 9.17) is 18.9 Å². The Bertz CT molecular complexity index is 1630. The first-order valence-corrected chi connectivity index (χ1v) is 14.3. The molecule has 0 saturated carbocycles. The Balaban J connectivity index is 1.33. The highest BCUT2D eigenvalue weighted by molar-refractivity contribution is 6.08. The van der Waals surface area contributed by atoms with Crippen LogP contribution in [0.25, 0.3) is 6.08 Å². The van der Waals surface area contributed by atoms with Crippen molar-refractivity contribution in [2.75, 3.05) is 6.61 Å². The Labute approximate surface area is 253 Å². The van der Waals surface area contributed by atoms with Crippen molar-refractivity contribution < 1.29 is 23.7 Å². The molecule has 0 saturated heterocycles. The molecule has 0 atom stereocenters. The van der Waals surface area contributed by atoms with Crippen molar-refractivity contribution in [2.45, 2.75) is 26.7 Å². The van der Waals surface area contributed by atoms with Gasteiger partial charge in [-0.1, -0.05) is 91.0 Å². The molecule has 5 aromatic carbocycles. The monoisotopic (exact) mass is 570 g/mol. The van der Waals surface area contributed by atoms with Gasteiger partial charge in [-0.15, -0.1) is 0 Å². The van der Waals surface area contributed by atoms with Gasteiger partial charge in [-0.2, -0.15) is 0 Å². The average Bonchev–Trinajstić information content (AvgIpc) is 3.06. The van der Waals surface area contributed by atoms with Crippen molar-refractivity contribution in [1.82, 2.24) is 0 Å². The summed E-state index contributed by atoms with van der Waals surface area (Å²) in [5.74, 6) is 2.22. The maximum Gasteiger partial charge on any atom is 0.189 e. The van der Waals surface area contributed by atoms with Gasteiger partial charge < -0.3 is 18.9 Å². The number of ether oxygens (including phenoxy) is 4. The lowest BCUT2D eigenvalue weighted by molar-refractivity contribution is 0.104. The summed E-state index contributed by atoms with van der Waals surface area (Å²) in [6.07, 6.45) is 3.30. The van der Waals surface area contributed by atoms with E-state index in [2.05, 4.69) is 0 Å². The zero-order chi connectivity index (χ0) is 29.7. The topological polar surface area (TPSA) is 54.0 Å². The third-order valence-electron chi connectivity index (χ3n) is 6.65. The molecule has 43 heavy (non-hydrogen) atoms. The third-order valence-corrected chi connectivity index (χ3v) is 6.65. The molecule has 5 heteroatoms. The number of rotatable bonds is 14. The number of benzene rings is 5. The lowest BCUT2D eigenvalue weighted by Crippen LogP contribution is -2.04. The van der Waals surface area contributed by atoms with Gasteiger partial charge in [0.2, 0.25) is 0 Å². The third kappa shape index (κ3) is 8.60. The predicted octanol–water partition coefficient (Wildman–Crippen LogP) is 8.72. The summed E-state index contributed by atoms with van der Waals surface area (Å²) in [6.45, 7) is 3.60. The second-order valence-corrected chi connectivity index (χ2v) is 9.81. The second kappa shape index (κ2) is 15.1. The highest BCUT2D eigenvalue weighted by atomic mass is 16.5. The molecule has 0 aliphatic heterocycles. The number of allylic oxidation sites excluding steroid dienone is 1. The van der Waals surface area contributed by atoms with Crippen molar-refractivity contribution >= 4 is 11.9 Å². The van der Waals surface area contributed by atoms with E-state index in [1.165, 1.54) is 6.08 Å². The van der Waals surface area contributed by atoms with Crippen molar-refractivity contribution in [3.05, 3.63) is 161 Å². The fourth-order valence-corrected chi connectivity index (χ4v) is 4.41. The normalized spacial score (nSPS) is 10.8. The first kappa shape index (κ1) is 29.2. The standard InChI is InChI=1S/C38H34O5/c1-2-40-37-24-33(41-26-29-12-6-3-7-13-29)20-18-32(37)19-23-36(39)35-22-21-34(42-27-30-14-8-4-9-15-30)25-38(35)43-28-31-16-10-5-11-17-31/h3-25H,2,26-28H2,1H3. The molecule has 216 valence electrons. The SMILES string of the molecule is CCOc1cc(OCc2ccccc2)ccc1C=CC(=O)c1ccc(OCc2ccccc2)cc1OCc1ccccc1. The van der Waals surface area contributed by atoms with E-state index in [0.717, 1.165) is 22.3 Å². The minimum atomic E-state index is -0.190. The van der Waals surface area contributed by atoms with Crippen LogP contribution in [-0.4, -0.2) is 12.4 Å².